The third-order valence-corrected chi connectivity index (χ3v) is 5.17. The quantitative estimate of drug-likeness (QED) is 0.883. The number of hydrogen-bond donors (Lipinski definition) is 1. The second-order valence-corrected chi connectivity index (χ2v) is 6.65. The third kappa shape index (κ3) is 3.32. The summed E-state index contributed by atoms with van der Waals surface area (Å²) in [6.45, 7) is 3.21. The second kappa shape index (κ2) is 6.49. The SMILES string of the molecule is COC1Cc2cc(C(F)(F)F)ccc2C1N1CCN(C(=O)O)C[C@@H]1C. The van der Waals surface area contributed by atoms with Crippen LogP contribution in [0.2, 0.25) is 0 Å². The van der Waals surface area contributed by atoms with Crippen LogP contribution < -0.4 is 0 Å². The molecule has 3 atom stereocenters. The van der Waals surface area contributed by atoms with Crippen LogP contribution in [0.4, 0.5) is 18.0 Å². The summed E-state index contributed by atoms with van der Waals surface area (Å²) in [6.07, 6.45) is -5.13. The van der Waals surface area contributed by atoms with Gasteiger partial charge in [-0.05, 0) is 30.2 Å². The zero-order valence-electron chi connectivity index (χ0n) is 14.1. The zero-order chi connectivity index (χ0) is 18.4. The fourth-order valence-electron chi connectivity index (χ4n) is 3.94. The average Bonchev–Trinajstić information content (AvgIpc) is 2.91. The Hall–Kier alpha value is -1.80. The van der Waals surface area contributed by atoms with E-state index in [9.17, 15) is 18.0 Å². The van der Waals surface area contributed by atoms with E-state index in [0.717, 1.165) is 11.6 Å². The smallest absolute Gasteiger partial charge is 0.416 e. The molecule has 138 valence electrons. The topological polar surface area (TPSA) is 53.0 Å². The van der Waals surface area contributed by atoms with Gasteiger partial charge in [-0.2, -0.15) is 13.2 Å². The van der Waals surface area contributed by atoms with Crippen molar-refractivity contribution in [1.29, 1.82) is 0 Å². The fraction of sp³-hybridized carbons (Fsp3) is 0.588. The summed E-state index contributed by atoms with van der Waals surface area (Å²) in [5.41, 5.74) is 0.848. The second-order valence-electron chi connectivity index (χ2n) is 6.65. The van der Waals surface area contributed by atoms with Crippen LogP contribution in [0.25, 0.3) is 0 Å². The molecule has 8 heteroatoms. The van der Waals surface area contributed by atoms with Gasteiger partial charge in [-0.15, -0.1) is 0 Å². The van der Waals surface area contributed by atoms with Crippen molar-refractivity contribution in [3.05, 3.63) is 34.9 Å². The number of halogens is 3. The molecule has 0 aromatic heterocycles. The van der Waals surface area contributed by atoms with E-state index in [0.29, 0.717) is 31.6 Å². The number of alkyl halides is 3. The lowest BCUT2D eigenvalue weighted by molar-refractivity contribution is -0.137. The van der Waals surface area contributed by atoms with Gasteiger partial charge >= 0.3 is 12.3 Å². The first-order valence-electron chi connectivity index (χ1n) is 8.18. The van der Waals surface area contributed by atoms with Gasteiger partial charge in [0.05, 0.1) is 17.7 Å². The van der Waals surface area contributed by atoms with E-state index >= 15 is 0 Å². The molecular formula is C17H21F3N2O3. The maximum absolute atomic E-state index is 13.0. The average molecular weight is 358 g/mol. The highest BCUT2D eigenvalue weighted by molar-refractivity contribution is 5.65. The Balaban J connectivity index is 1.88. The van der Waals surface area contributed by atoms with Crippen LogP contribution in [0.3, 0.4) is 0 Å². The molecule has 0 saturated carbocycles. The summed E-state index contributed by atoms with van der Waals surface area (Å²) in [7, 11) is 1.56. The lowest BCUT2D eigenvalue weighted by atomic mass is 10.0. The summed E-state index contributed by atoms with van der Waals surface area (Å²) in [6, 6.07) is 3.66. The fourth-order valence-corrected chi connectivity index (χ4v) is 3.94. The van der Waals surface area contributed by atoms with E-state index in [1.807, 2.05) is 6.92 Å². The maximum Gasteiger partial charge on any atom is 0.416 e. The van der Waals surface area contributed by atoms with Gasteiger partial charge in [0.1, 0.15) is 0 Å². The largest absolute Gasteiger partial charge is 0.465 e. The van der Waals surface area contributed by atoms with Crippen LogP contribution in [0.5, 0.6) is 0 Å². The number of rotatable bonds is 2. The molecule has 2 unspecified atom stereocenters. The molecule has 0 spiro atoms. The molecule has 1 aliphatic carbocycles. The summed E-state index contributed by atoms with van der Waals surface area (Å²) < 4.78 is 44.5. The molecule has 25 heavy (non-hydrogen) atoms. The van der Waals surface area contributed by atoms with Gasteiger partial charge in [-0.3, -0.25) is 4.90 Å². The Bertz CT molecular complexity index is 665. The van der Waals surface area contributed by atoms with Crippen molar-refractivity contribution in [2.75, 3.05) is 26.7 Å². The van der Waals surface area contributed by atoms with Crippen LogP contribution in [0, 0.1) is 0 Å². The molecule has 1 aromatic carbocycles. The van der Waals surface area contributed by atoms with Crippen molar-refractivity contribution < 1.29 is 27.8 Å². The molecule has 1 aromatic rings. The van der Waals surface area contributed by atoms with Crippen molar-refractivity contribution in [2.45, 2.75) is 37.7 Å². The minimum atomic E-state index is -4.36. The molecule has 1 saturated heterocycles. The Morgan fingerprint density at radius 1 is 1.32 bits per heavy atom. The molecule has 1 aliphatic heterocycles. The van der Waals surface area contributed by atoms with Gasteiger partial charge in [0.15, 0.2) is 0 Å². The van der Waals surface area contributed by atoms with Crippen molar-refractivity contribution in [2.24, 2.45) is 0 Å². The lowest BCUT2D eigenvalue weighted by Gasteiger charge is -2.43. The van der Waals surface area contributed by atoms with E-state index in [1.54, 1.807) is 7.11 Å². The number of benzene rings is 1. The summed E-state index contributed by atoms with van der Waals surface area (Å²) >= 11 is 0. The van der Waals surface area contributed by atoms with Crippen molar-refractivity contribution in [3.63, 3.8) is 0 Å². The molecule has 1 heterocycles. The van der Waals surface area contributed by atoms with Crippen molar-refractivity contribution in [3.8, 4) is 0 Å². The molecule has 1 amide bonds. The zero-order valence-corrected chi connectivity index (χ0v) is 14.1. The Morgan fingerprint density at radius 2 is 2.04 bits per heavy atom. The molecule has 3 rings (SSSR count). The number of methoxy groups -OCH3 is 1. The van der Waals surface area contributed by atoms with Crippen LogP contribution >= 0.6 is 0 Å². The molecule has 1 N–H and O–H groups in total. The maximum atomic E-state index is 13.0. The van der Waals surface area contributed by atoms with E-state index < -0.39 is 17.8 Å². The number of nitrogens with zero attached hydrogens (tertiary/aromatic N) is 2. The van der Waals surface area contributed by atoms with Crippen molar-refractivity contribution in [1.82, 2.24) is 9.80 Å². The van der Waals surface area contributed by atoms with Gasteiger partial charge in [0, 0.05) is 39.2 Å². The Morgan fingerprint density at radius 3 is 2.60 bits per heavy atom. The van der Waals surface area contributed by atoms with Crippen LogP contribution in [-0.4, -0.2) is 59.9 Å². The standard InChI is InChI=1S/C17H21F3N2O3/c1-10-9-21(16(23)24)5-6-22(10)15-13-4-3-12(17(18,19)20)7-11(13)8-14(15)25-2/h3-4,7,10,14-15H,5-6,8-9H2,1-2H3,(H,23,24)/t10-,14?,15?/m0/s1. The Kier molecular flexibility index (Phi) is 4.68. The number of hydrogen-bond acceptors (Lipinski definition) is 3. The first-order valence-corrected chi connectivity index (χ1v) is 8.18. The highest BCUT2D eigenvalue weighted by Gasteiger charge is 2.42. The van der Waals surface area contributed by atoms with Gasteiger partial charge in [0.2, 0.25) is 0 Å². The molecule has 5 nitrogen and oxygen atoms in total. The van der Waals surface area contributed by atoms with E-state index in [-0.39, 0.29) is 18.2 Å². The minimum absolute atomic E-state index is 0.0410. The summed E-state index contributed by atoms with van der Waals surface area (Å²) in [5.74, 6) is 0. The van der Waals surface area contributed by atoms with Crippen molar-refractivity contribution >= 4 is 6.09 Å². The monoisotopic (exact) mass is 358 g/mol. The van der Waals surface area contributed by atoms with Crippen LogP contribution in [0.1, 0.15) is 29.7 Å². The van der Waals surface area contributed by atoms with E-state index in [1.165, 1.54) is 17.0 Å². The number of fused-ring (bicyclic) bond motifs is 1. The van der Waals surface area contributed by atoms with E-state index in [2.05, 4.69) is 4.90 Å². The van der Waals surface area contributed by atoms with Crippen LogP contribution in [0.15, 0.2) is 18.2 Å². The highest BCUT2D eigenvalue weighted by Crippen LogP contribution is 2.41. The molecule has 1 fully saturated rings. The van der Waals surface area contributed by atoms with E-state index in [4.69, 9.17) is 9.84 Å². The normalized spacial score (nSPS) is 27.4. The Labute approximate surface area is 144 Å². The number of ether oxygens (including phenoxy) is 1. The van der Waals surface area contributed by atoms with Crippen LogP contribution in [-0.2, 0) is 17.3 Å². The number of carbonyl (C=O) groups is 1. The molecule has 0 radical (unpaired) electrons. The predicted molar refractivity (Wildman–Crippen MR) is 84.5 cm³/mol. The van der Waals surface area contributed by atoms with Gasteiger partial charge < -0.3 is 14.7 Å². The number of amides is 1. The van der Waals surface area contributed by atoms with Gasteiger partial charge in [-0.1, -0.05) is 6.07 Å². The first-order chi connectivity index (χ1) is 11.7. The number of carboxylic acid groups (broad SMARTS) is 1. The number of piperazine rings is 1. The molecule has 0 bridgehead atoms. The minimum Gasteiger partial charge on any atom is -0.465 e. The molecule has 2 aliphatic rings. The highest BCUT2D eigenvalue weighted by atomic mass is 19.4. The lowest BCUT2D eigenvalue weighted by Crippen LogP contribution is -2.55. The van der Waals surface area contributed by atoms with Gasteiger partial charge in [-0.25, -0.2) is 4.79 Å². The van der Waals surface area contributed by atoms with Gasteiger partial charge in [0.25, 0.3) is 0 Å². The third-order valence-electron chi connectivity index (χ3n) is 5.17. The summed E-state index contributed by atoms with van der Waals surface area (Å²) in [5, 5.41) is 9.15. The predicted octanol–water partition coefficient (Wildman–Crippen LogP) is 3.00. The first kappa shape index (κ1) is 18.0. The summed E-state index contributed by atoms with van der Waals surface area (Å²) in [4.78, 5) is 14.7. The molecular weight excluding hydrogens is 337 g/mol.